The van der Waals surface area contributed by atoms with Crippen LogP contribution in [0.5, 0.6) is 5.75 Å². The molecule has 1 heterocycles. The van der Waals surface area contributed by atoms with Crippen molar-refractivity contribution >= 4 is 23.5 Å². The third-order valence-corrected chi connectivity index (χ3v) is 5.60. The summed E-state index contributed by atoms with van der Waals surface area (Å²) >= 11 is 0. The van der Waals surface area contributed by atoms with Crippen LogP contribution in [0.4, 0.5) is 49.7 Å². The van der Waals surface area contributed by atoms with Crippen LogP contribution in [0.15, 0.2) is 24.4 Å². The first-order valence-electron chi connectivity index (χ1n) is 10.8. The summed E-state index contributed by atoms with van der Waals surface area (Å²) in [6.45, 7) is -3.86. The number of rotatable bonds is 9. The van der Waals surface area contributed by atoms with Gasteiger partial charge in [0.15, 0.2) is 17.3 Å². The van der Waals surface area contributed by atoms with Gasteiger partial charge < -0.3 is 20.8 Å². The van der Waals surface area contributed by atoms with Gasteiger partial charge in [-0.3, -0.25) is 4.79 Å². The maximum absolute atomic E-state index is 13.9. The summed E-state index contributed by atoms with van der Waals surface area (Å²) in [6.07, 6.45) is -9.65. The first kappa shape index (κ1) is 30.2. The van der Waals surface area contributed by atoms with Crippen molar-refractivity contribution in [2.45, 2.75) is 43.3 Å². The molecule has 0 unspecified atom stereocenters. The van der Waals surface area contributed by atoms with Crippen LogP contribution < -0.4 is 15.4 Å². The van der Waals surface area contributed by atoms with Crippen molar-refractivity contribution in [1.29, 1.82) is 10.7 Å². The van der Waals surface area contributed by atoms with E-state index in [-0.39, 0.29) is 24.0 Å². The molecule has 0 bridgehead atoms. The van der Waals surface area contributed by atoms with E-state index in [1.165, 1.54) is 0 Å². The lowest BCUT2D eigenvalue weighted by molar-refractivity contribution is -0.291. The van der Waals surface area contributed by atoms with E-state index in [0.717, 1.165) is 13.1 Å². The second-order valence-corrected chi connectivity index (χ2v) is 8.40. The molecule has 1 aromatic heterocycles. The molecule has 0 spiro atoms. The minimum absolute atomic E-state index is 0.203. The van der Waals surface area contributed by atoms with Crippen molar-refractivity contribution in [3.05, 3.63) is 46.8 Å². The zero-order chi connectivity index (χ0) is 30.3. The van der Waals surface area contributed by atoms with Gasteiger partial charge >= 0.3 is 24.9 Å². The highest BCUT2D eigenvalue weighted by atomic mass is 19.4. The number of anilines is 1. The van der Waals surface area contributed by atoms with Gasteiger partial charge in [-0.2, -0.15) is 54.3 Å². The lowest BCUT2D eigenvalue weighted by atomic mass is 9.98. The number of halogens is 10. The highest BCUT2D eigenvalue weighted by molar-refractivity contribution is 6.09. The van der Waals surface area contributed by atoms with Gasteiger partial charge in [-0.1, -0.05) is 6.07 Å². The fourth-order valence-electron chi connectivity index (χ4n) is 3.39. The second kappa shape index (κ2) is 10.4. The maximum Gasteiger partial charge on any atom is 0.459 e. The Balaban J connectivity index is 2.06. The van der Waals surface area contributed by atoms with Gasteiger partial charge in [-0.15, -0.1) is 0 Å². The van der Waals surface area contributed by atoms with Crippen molar-refractivity contribution in [3.8, 4) is 11.8 Å². The highest BCUT2D eigenvalue weighted by Crippen LogP contribution is 2.49. The summed E-state index contributed by atoms with van der Waals surface area (Å²) in [7, 11) is 0.804. The number of amides is 1. The van der Waals surface area contributed by atoms with Gasteiger partial charge in [-0.05, 0) is 30.5 Å². The molecule has 1 fully saturated rings. The number of nitrogens with one attached hydrogen (secondary N) is 3. The molecule has 40 heavy (non-hydrogen) atoms. The third-order valence-electron chi connectivity index (χ3n) is 5.60. The monoisotopic (exact) mass is 586 g/mol. The van der Waals surface area contributed by atoms with Crippen molar-refractivity contribution in [3.63, 3.8) is 0 Å². The molecular weight excluding hydrogens is 570 g/mol. The van der Waals surface area contributed by atoms with Crippen molar-refractivity contribution in [1.82, 2.24) is 15.1 Å². The van der Waals surface area contributed by atoms with E-state index in [4.69, 9.17) is 10.7 Å². The maximum atomic E-state index is 13.9. The number of nitriles is 1. The van der Waals surface area contributed by atoms with Crippen LogP contribution in [0.2, 0.25) is 0 Å². The molecule has 2 aromatic rings. The number of nitrogens with zero attached hydrogens (tertiary/aromatic N) is 3. The lowest BCUT2D eigenvalue weighted by Crippen LogP contribution is -2.36. The number of aryl methyl sites for hydroxylation is 1. The normalized spacial score (nSPS) is 15.4. The van der Waals surface area contributed by atoms with E-state index in [1.807, 2.05) is 0 Å². The SMILES string of the molecule is Cn1nc(C(F)(F)C(F)(F)F)c(OC(F)F)c1N/C=C(\C=N)c1ccc(C(F)(F)F)c(C(=O)NC2(C#N)CC2)c1. The first-order valence-corrected chi connectivity index (χ1v) is 10.8. The minimum atomic E-state index is -6.24. The Morgan fingerprint density at radius 2 is 1.82 bits per heavy atom. The lowest BCUT2D eigenvalue weighted by Gasteiger charge is -2.18. The van der Waals surface area contributed by atoms with E-state index in [0.29, 0.717) is 29.2 Å². The van der Waals surface area contributed by atoms with Crippen molar-refractivity contribution < 1.29 is 53.4 Å². The molecule has 3 rings (SSSR count). The Kier molecular flexibility index (Phi) is 7.83. The fourth-order valence-corrected chi connectivity index (χ4v) is 3.39. The number of carbonyl (C=O) groups is 1. The summed E-state index contributed by atoms with van der Waals surface area (Å²) in [5.74, 6) is -9.61. The molecule has 1 saturated carbocycles. The number of hydrogen-bond acceptors (Lipinski definition) is 6. The summed E-state index contributed by atoms with van der Waals surface area (Å²) in [5.41, 5.74) is -6.50. The number of aromatic nitrogens is 2. The Bertz CT molecular complexity index is 1380. The largest absolute Gasteiger partial charge is 0.459 e. The highest BCUT2D eigenvalue weighted by Gasteiger charge is 2.62. The number of ether oxygens (including phenoxy) is 1. The predicted molar refractivity (Wildman–Crippen MR) is 117 cm³/mol. The Morgan fingerprint density at radius 3 is 2.30 bits per heavy atom. The van der Waals surface area contributed by atoms with E-state index < -0.39 is 64.7 Å². The molecule has 1 aliphatic carbocycles. The van der Waals surface area contributed by atoms with Crippen LogP contribution in [0.3, 0.4) is 0 Å². The van der Waals surface area contributed by atoms with E-state index in [2.05, 4.69) is 20.5 Å². The number of benzene rings is 1. The fraction of sp³-hybridized carbons (Fsp3) is 0.364. The summed E-state index contributed by atoms with van der Waals surface area (Å²) in [4.78, 5) is 12.6. The zero-order valence-corrected chi connectivity index (χ0v) is 19.8. The molecule has 8 nitrogen and oxygen atoms in total. The number of allylic oxidation sites excluding steroid dienone is 1. The van der Waals surface area contributed by atoms with E-state index >= 15 is 0 Å². The molecule has 0 saturated heterocycles. The number of carbonyl (C=O) groups excluding carboxylic acids is 1. The Morgan fingerprint density at radius 1 is 1.20 bits per heavy atom. The molecule has 1 amide bonds. The molecule has 1 aliphatic rings. The van der Waals surface area contributed by atoms with Crippen LogP contribution >= 0.6 is 0 Å². The molecule has 216 valence electrons. The van der Waals surface area contributed by atoms with E-state index in [9.17, 15) is 48.7 Å². The average molecular weight is 586 g/mol. The molecule has 0 atom stereocenters. The molecule has 1 aromatic carbocycles. The van der Waals surface area contributed by atoms with Gasteiger partial charge in [0.25, 0.3) is 5.91 Å². The zero-order valence-electron chi connectivity index (χ0n) is 19.8. The van der Waals surface area contributed by atoms with Gasteiger partial charge in [0, 0.05) is 25.0 Å². The van der Waals surface area contributed by atoms with Crippen LogP contribution in [0.25, 0.3) is 5.57 Å². The topological polar surface area (TPSA) is 116 Å². The van der Waals surface area contributed by atoms with Crippen molar-refractivity contribution in [2.75, 3.05) is 5.32 Å². The quantitative estimate of drug-likeness (QED) is 0.262. The average Bonchev–Trinajstić information content (AvgIpc) is 3.55. The van der Waals surface area contributed by atoms with Crippen LogP contribution in [-0.2, 0) is 19.1 Å². The molecule has 0 radical (unpaired) electrons. The third kappa shape index (κ3) is 5.97. The molecule has 18 heteroatoms. The summed E-state index contributed by atoms with van der Waals surface area (Å²) in [5, 5.41) is 23.9. The molecule has 3 N–H and O–H groups in total. The van der Waals surface area contributed by atoms with Gasteiger partial charge in [0.05, 0.1) is 17.2 Å². The predicted octanol–water partition coefficient (Wildman–Crippen LogP) is 5.58. The number of alkyl halides is 10. The van der Waals surface area contributed by atoms with Crippen LogP contribution in [-0.4, -0.2) is 40.2 Å². The smallest absolute Gasteiger partial charge is 0.429 e. The number of hydrogen-bond donors (Lipinski definition) is 3. The summed E-state index contributed by atoms with van der Waals surface area (Å²) in [6, 6.07) is 3.79. The second-order valence-electron chi connectivity index (χ2n) is 8.40. The van der Waals surface area contributed by atoms with Crippen LogP contribution in [0.1, 0.15) is 40.0 Å². The summed E-state index contributed by atoms with van der Waals surface area (Å²) < 4.78 is 137. The Hall–Kier alpha value is -4.30. The van der Waals surface area contributed by atoms with Gasteiger partial charge in [-0.25, -0.2) is 4.68 Å². The molecular formula is C22H16F10N6O2. The minimum Gasteiger partial charge on any atom is -0.429 e. The standard InChI is InChI=1S/C22H16F10N6O2/c1-38-16(14(40-18(23)24)15(37-38)20(25,26)22(30,31)32)35-8-11(7-33)10-2-3-13(21(27,28)29)12(6-10)17(39)36-19(9-34)4-5-19/h2-3,6-8,18,33,35H,4-5H2,1H3,(H,36,39)/b11-8+,33-7?. The molecule has 0 aliphatic heterocycles. The van der Waals surface area contributed by atoms with Crippen LogP contribution in [0, 0.1) is 16.7 Å². The first-order chi connectivity index (χ1) is 18.4. The van der Waals surface area contributed by atoms with Gasteiger partial charge in [0.1, 0.15) is 5.54 Å². The van der Waals surface area contributed by atoms with E-state index in [1.54, 1.807) is 6.07 Å². The van der Waals surface area contributed by atoms with Crippen molar-refractivity contribution in [2.24, 2.45) is 7.05 Å². The Labute approximate surface area is 217 Å². The van der Waals surface area contributed by atoms with Gasteiger partial charge in [0.2, 0.25) is 0 Å².